The molecule has 1 saturated heterocycles. The summed E-state index contributed by atoms with van der Waals surface area (Å²) >= 11 is 0. The molecule has 0 aromatic rings. The second-order valence-corrected chi connectivity index (χ2v) is 5.11. The lowest BCUT2D eigenvalue weighted by Gasteiger charge is -2.41. The summed E-state index contributed by atoms with van der Waals surface area (Å²) in [5.41, 5.74) is 0. The van der Waals surface area contributed by atoms with E-state index < -0.39 is 42.3 Å². The number of hydrogen-bond acceptors (Lipinski definition) is 8. The van der Waals surface area contributed by atoms with Crippen LogP contribution in [-0.2, 0) is 33.3 Å². The van der Waals surface area contributed by atoms with E-state index in [-0.39, 0.29) is 19.6 Å². The van der Waals surface area contributed by atoms with E-state index in [1.807, 2.05) is 0 Å². The van der Waals surface area contributed by atoms with Gasteiger partial charge in [0.15, 0.2) is 6.10 Å². The van der Waals surface area contributed by atoms with Crippen LogP contribution in [0, 0.1) is 0 Å². The van der Waals surface area contributed by atoms with Crippen molar-refractivity contribution in [2.45, 2.75) is 45.4 Å². The lowest BCUT2D eigenvalue weighted by Crippen LogP contribution is -2.58. The first kappa shape index (κ1) is 18.7. The fourth-order valence-electron chi connectivity index (χ4n) is 2.38. The third kappa shape index (κ3) is 5.76. The summed E-state index contributed by atoms with van der Waals surface area (Å²) in [5, 5.41) is 0. The van der Waals surface area contributed by atoms with Crippen LogP contribution in [0.1, 0.15) is 27.2 Å². The van der Waals surface area contributed by atoms with Crippen LogP contribution in [-0.4, -0.2) is 67.4 Å². The predicted octanol–water partition coefficient (Wildman–Crippen LogP) is 0.254. The van der Waals surface area contributed by atoms with Gasteiger partial charge in [-0.25, -0.2) is 4.79 Å². The van der Waals surface area contributed by atoms with Gasteiger partial charge in [-0.05, 0) is 0 Å². The van der Waals surface area contributed by atoms with Gasteiger partial charge >= 0.3 is 24.0 Å². The highest BCUT2D eigenvalue weighted by atomic mass is 16.6. The van der Waals surface area contributed by atoms with Gasteiger partial charge in [-0.15, -0.1) is 0 Å². The summed E-state index contributed by atoms with van der Waals surface area (Å²) in [6.07, 6.45) is -2.05. The molecule has 0 bridgehead atoms. The average Bonchev–Trinajstić information content (AvgIpc) is 2.45. The van der Waals surface area contributed by atoms with E-state index >= 15 is 0 Å². The van der Waals surface area contributed by atoms with Crippen LogP contribution in [0.4, 0.5) is 4.79 Å². The summed E-state index contributed by atoms with van der Waals surface area (Å²) in [6.45, 7) is 3.60. The van der Waals surface area contributed by atoms with Gasteiger partial charge in [-0.2, -0.15) is 0 Å². The monoisotopic (exact) mass is 331 g/mol. The maximum atomic E-state index is 11.9. The van der Waals surface area contributed by atoms with Crippen molar-refractivity contribution in [3.8, 4) is 0 Å². The zero-order valence-electron chi connectivity index (χ0n) is 13.6. The van der Waals surface area contributed by atoms with Gasteiger partial charge in [0.25, 0.3) is 0 Å². The second kappa shape index (κ2) is 8.35. The Morgan fingerprint density at radius 3 is 2.00 bits per heavy atom. The van der Waals surface area contributed by atoms with E-state index in [2.05, 4.69) is 0 Å². The van der Waals surface area contributed by atoms with Crippen LogP contribution in [0.3, 0.4) is 0 Å². The highest BCUT2D eigenvalue weighted by Crippen LogP contribution is 2.24. The first-order valence-corrected chi connectivity index (χ1v) is 7.07. The first-order chi connectivity index (χ1) is 10.7. The van der Waals surface area contributed by atoms with E-state index in [9.17, 15) is 19.2 Å². The minimum Gasteiger partial charge on any atom is -0.464 e. The SMILES string of the molecule is COC(=O)N1C[C@H](OC(C)=O)[C@@H](OC(C)=O)C[C@H]1COC(C)=O. The van der Waals surface area contributed by atoms with Crippen molar-refractivity contribution >= 4 is 24.0 Å². The highest BCUT2D eigenvalue weighted by Gasteiger charge is 2.42. The molecule has 1 amide bonds. The maximum absolute atomic E-state index is 11.9. The Labute approximate surface area is 133 Å². The summed E-state index contributed by atoms with van der Waals surface area (Å²) in [4.78, 5) is 46.6. The van der Waals surface area contributed by atoms with Gasteiger partial charge < -0.3 is 18.9 Å². The molecule has 1 aliphatic heterocycles. The number of carbonyl (C=O) groups is 4. The number of rotatable bonds is 4. The summed E-state index contributed by atoms with van der Waals surface area (Å²) in [6, 6.07) is -0.553. The smallest absolute Gasteiger partial charge is 0.409 e. The molecular weight excluding hydrogens is 310 g/mol. The number of likely N-dealkylation sites (tertiary alicyclic amines) is 1. The normalized spacial score (nSPS) is 23.7. The standard InChI is InChI=1S/C14H21NO8/c1-8(16)21-7-11-5-12(22-9(2)17)13(23-10(3)18)6-15(11)14(19)20-4/h11-13H,5-7H2,1-4H3/t11-,12-,13-/m0/s1. The Kier molecular flexibility index (Phi) is 6.80. The fraction of sp³-hybridized carbons (Fsp3) is 0.714. The van der Waals surface area contributed by atoms with E-state index in [0.29, 0.717) is 0 Å². The van der Waals surface area contributed by atoms with Crippen molar-refractivity contribution in [2.24, 2.45) is 0 Å². The third-order valence-electron chi connectivity index (χ3n) is 3.26. The molecule has 0 aliphatic carbocycles. The molecule has 0 aromatic heterocycles. The van der Waals surface area contributed by atoms with Gasteiger partial charge in [-0.1, -0.05) is 0 Å². The lowest BCUT2D eigenvalue weighted by molar-refractivity contribution is -0.175. The predicted molar refractivity (Wildman–Crippen MR) is 75.3 cm³/mol. The number of nitrogens with zero attached hydrogens (tertiary/aromatic N) is 1. The topological polar surface area (TPSA) is 108 Å². The number of methoxy groups -OCH3 is 1. The number of piperidine rings is 1. The number of amides is 1. The van der Waals surface area contributed by atoms with Crippen LogP contribution in [0.15, 0.2) is 0 Å². The minimum absolute atomic E-state index is 0.0316. The van der Waals surface area contributed by atoms with Crippen LogP contribution in [0.5, 0.6) is 0 Å². The van der Waals surface area contributed by atoms with Crippen LogP contribution < -0.4 is 0 Å². The van der Waals surface area contributed by atoms with Crippen molar-refractivity contribution < 1.29 is 38.1 Å². The van der Waals surface area contributed by atoms with Crippen LogP contribution in [0.25, 0.3) is 0 Å². The van der Waals surface area contributed by atoms with Crippen molar-refractivity contribution in [2.75, 3.05) is 20.3 Å². The number of esters is 3. The molecule has 23 heavy (non-hydrogen) atoms. The molecule has 1 aliphatic rings. The molecule has 0 unspecified atom stereocenters. The lowest BCUT2D eigenvalue weighted by atomic mass is 9.97. The number of hydrogen-bond donors (Lipinski definition) is 0. The molecule has 3 atom stereocenters. The van der Waals surface area contributed by atoms with Crippen molar-refractivity contribution in [3.63, 3.8) is 0 Å². The average molecular weight is 331 g/mol. The molecule has 0 saturated carbocycles. The van der Waals surface area contributed by atoms with Crippen molar-refractivity contribution in [3.05, 3.63) is 0 Å². The molecule has 1 heterocycles. The summed E-state index contributed by atoms with van der Waals surface area (Å²) in [7, 11) is 1.21. The molecule has 0 aromatic carbocycles. The Hall–Kier alpha value is -2.32. The Bertz CT molecular complexity index is 477. The molecule has 1 rings (SSSR count). The fourth-order valence-corrected chi connectivity index (χ4v) is 2.38. The minimum atomic E-state index is -0.816. The summed E-state index contributed by atoms with van der Waals surface area (Å²) < 4.78 is 19.9. The van der Waals surface area contributed by atoms with Gasteiger partial charge in [0.05, 0.1) is 19.7 Å². The highest BCUT2D eigenvalue weighted by molar-refractivity contribution is 5.70. The van der Waals surface area contributed by atoms with Gasteiger partial charge in [-0.3, -0.25) is 19.3 Å². The van der Waals surface area contributed by atoms with Crippen LogP contribution in [0.2, 0.25) is 0 Å². The Morgan fingerprint density at radius 1 is 0.957 bits per heavy atom. The molecule has 0 radical (unpaired) electrons. The van der Waals surface area contributed by atoms with Crippen LogP contribution >= 0.6 is 0 Å². The molecule has 9 nitrogen and oxygen atoms in total. The molecular formula is C14H21NO8. The second-order valence-electron chi connectivity index (χ2n) is 5.11. The van der Waals surface area contributed by atoms with E-state index in [1.165, 1.54) is 32.8 Å². The van der Waals surface area contributed by atoms with E-state index in [4.69, 9.17) is 18.9 Å². The summed E-state index contributed by atoms with van der Waals surface area (Å²) in [5.74, 6) is -1.60. The Morgan fingerprint density at radius 2 is 1.52 bits per heavy atom. The quantitative estimate of drug-likeness (QED) is 0.533. The van der Waals surface area contributed by atoms with Crippen molar-refractivity contribution in [1.82, 2.24) is 4.90 Å². The molecule has 0 N–H and O–H groups in total. The molecule has 9 heteroatoms. The maximum Gasteiger partial charge on any atom is 0.409 e. The zero-order valence-corrected chi connectivity index (χ0v) is 13.6. The van der Waals surface area contributed by atoms with E-state index in [0.717, 1.165) is 0 Å². The molecule has 0 spiro atoms. The van der Waals surface area contributed by atoms with E-state index in [1.54, 1.807) is 0 Å². The Balaban J connectivity index is 2.94. The largest absolute Gasteiger partial charge is 0.464 e. The number of carbonyl (C=O) groups excluding carboxylic acids is 4. The zero-order chi connectivity index (χ0) is 17.6. The van der Waals surface area contributed by atoms with Gasteiger partial charge in [0.2, 0.25) is 0 Å². The first-order valence-electron chi connectivity index (χ1n) is 7.07. The van der Waals surface area contributed by atoms with Gasteiger partial charge in [0.1, 0.15) is 12.7 Å². The molecule has 1 fully saturated rings. The van der Waals surface area contributed by atoms with Gasteiger partial charge in [0, 0.05) is 27.2 Å². The molecule has 130 valence electrons. The third-order valence-corrected chi connectivity index (χ3v) is 3.26. The number of ether oxygens (including phenoxy) is 4. The van der Waals surface area contributed by atoms with Crippen molar-refractivity contribution in [1.29, 1.82) is 0 Å².